The first-order valence-corrected chi connectivity index (χ1v) is 8.39. The van der Waals surface area contributed by atoms with Gasteiger partial charge in [0.25, 0.3) is 0 Å². The molecule has 0 atom stereocenters. The van der Waals surface area contributed by atoms with Crippen LogP contribution in [0.5, 0.6) is 5.75 Å². The zero-order chi connectivity index (χ0) is 19.2. The molecule has 1 saturated heterocycles. The molecule has 1 N–H and O–H groups in total. The minimum Gasteiger partial charge on any atom is -0.497 e. The van der Waals surface area contributed by atoms with Crippen LogP contribution in [-0.2, 0) is 20.9 Å². The van der Waals surface area contributed by atoms with Crippen molar-refractivity contribution in [2.24, 2.45) is 0 Å². The van der Waals surface area contributed by atoms with E-state index in [9.17, 15) is 14.4 Å². The molecule has 3 rings (SSSR count). The van der Waals surface area contributed by atoms with Gasteiger partial charge in [-0.3, -0.25) is 14.9 Å². The van der Waals surface area contributed by atoms with E-state index in [4.69, 9.17) is 14.0 Å². The number of hydrogen-bond donors (Lipinski definition) is 1. The Bertz CT molecular complexity index is 847. The molecule has 1 aromatic heterocycles. The van der Waals surface area contributed by atoms with Crippen LogP contribution in [0.2, 0.25) is 0 Å². The topological polar surface area (TPSA) is 111 Å². The lowest BCUT2D eigenvalue weighted by Gasteiger charge is -2.25. The summed E-state index contributed by atoms with van der Waals surface area (Å²) in [6.07, 6.45) is 0.259. The summed E-state index contributed by atoms with van der Waals surface area (Å²) < 4.78 is 15.6. The van der Waals surface area contributed by atoms with Crippen molar-refractivity contribution < 1.29 is 28.4 Å². The number of nitrogens with zero attached hydrogens (tertiary/aromatic N) is 2. The third kappa shape index (κ3) is 4.84. The van der Waals surface area contributed by atoms with Crippen LogP contribution in [-0.4, -0.2) is 48.2 Å². The lowest BCUT2D eigenvalue weighted by atomic mass is 10.1. The number of ether oxygens (including phenoxy) is 2. The summed E-state index contributed by atoms with van der Waals surface area (Å²) in [5.41, 5.74) is 1.27. The van der Waals surface area contributed by atoms with Gasteiger partial charge in [-0.2, -0.15) is 0 Å². The molecule has 2 heterocycles. The predicted molar refractivity (Wildman–Crippen MR) is 92.6 cm³/mol. The Balaban J connectivity index is 1.47. The summed E-state index contributed by atoms with van der Waals surface area (Å²) >= 11 is 0. The highest BCUT2D eigenvalue weighted by Crippen LogP contribution is 2.24. The highest BCUT2D eigenvalue weighted by Gasteiger charge is 2.23. The summed E-state index contributed by atoms with van der Waals surface area (Å²) in [4.78, 5) is 35.9. The van der Waals surface area contributed by atoms with Crippen molar-refractivity contribution in [2.45, 2.75) is 19.4 Å². The first kappa shape index (κ1) is 18.4. The van der Waals surface area contributed by atoms with Gasteiger partial charge in [0.05, 0.1) is 13.5 Å². The molecule has 2 aromatic rings. The fourth-order valence-corrected chi connectivity index (χ4v) is 2.56. The maximum Gasteiger partial charge on any atom is 0.324 e. The molecule has 3 amide bonds. The average Bonchev–Trinajstić information content (AvgIpc) is 3.15. The molecular formula is C18H19N3O6. The summed E-state index contributed by atoms with van der Waals surface area (Å²) in [7, 11) is 1.58. The normalized spacial score (nSPS) is 14.0. The quantitative estimate of drug-likeness (QED) is 0.736. The van der Waals surface area contributed by atoms with Crippen LogP contribution >= 0.6 is 0 Å². The van der Waals surface area contributed by atoms with Crippen molar-refractivity contribution in [3.05, 3.63) is 36.0 Å². The molecule has 0 aliphatic carbocycles. The summed E-state index contributed by atoms with van der Waals surface area (Å²) in [5.74, 6) is 0.456. The highest BCUT2D eigenvalue weighted by atomic mass is 16.5. The van der Waals surface area contributed by atoms with Crippen molar-refractivity contribution in [3.63, 3.8) is 0 Å². The van der Waals surface area contributed by atoms with Gasteiger partial charge in [-0.1, -0.05) is 17.3 Å². The van der Waals surface area contributed by atoms with Crippen LogP contribution < -0.4 is 10.1 Å². The zero-order valence-electron chi connectivity index (χ0n) is 14.8. The van der Waals surface area contributed by atoms with E-state index < -0.39 is 12.0 Å². The molecule has 9 heteroatoms. The SMILES string of the molecule is COc1cccc(-c2cc(COC(=O)CCN3CCC(=O)NC3=O)no2)c1. The number of carbonyl (C=O) groups is 3. The zero-order valence-corrected chi connectivity index (χ0v) is 14.8. The van der Waals surface area contributed by atoms with Gasteiger partial charge in [0.15, 0.2) is 5.76 Å². The van der Waals surface area contributed by atoms with Crippen molar-refractivity contribution >= 4 is 17.9 Å². The summed E-state index contributed by atoms with van der Waals surface area (Å²) in [6, 6.07) is 8.52. The minimum atomic E-state index is -0.488. The monoisotopic (exact) mass is 373 g/mol. The number of benzene rings is 1. The highest BCUT2D eigenvalue weighted by molar-refractivity contribution is 5.96. The van der Waals surface area contributed by atoms with Gasteiger partial charge in [-0.05, 0) is 12.1 Å². The third-order valence-corrected chi connectivity index (χ3v) is 4.02. The molecule has 0 bridgehead atoms. The van der Waals surface area contributed by atoms with Gasteiger partial charge in [0, 0.05) is 31.1 Å². The Kier molecular flexibility index (Phi) is 5.70. The van der Waals surface area contributed by atoms with Crippen LogP contribution in [0.25, 0.3) is 11.3 Å². The number of nitrogens with one attached hydrogen (secondary N) is 1. The largest absolute Gasteiger partial charge is 0.497 e. The summed E-state index contributed by atoms with van der Waals surface area (Å²) in [6.45, 7) is 0.452. The van der Waals surface area contributed by atoms with Crippen LogP contribution in [0.3, 0.4) is 0 Å². The van der Waals surface area contributed by atoms with E-state index in [2.05, 4.69) is 10.5 Å². The number of amides is 3. The van der Waals surface area contributed by atoms with Crippen molar-refractivity contribution in [1.82, 2.24) is 15.4 Å². The van der Waals surface area contributed by atoms with Crippen LogP contribution in [0.15, 0.2) is 34.9 Å². The van der Waals surface area contributed by atoms with E-state index in [-0.39, 0.29) is 31.9 Å². The standard InChI is InChI=1S/C18H19N3O6/c1-25-14-4-2-3-12(9-14)15-10-13(20-27-15)11-26-17(23)6-8-21-7-5-16(22)19-18(21)24/h2-4,9-10H,5-8,11H2,1H3,(H,19,22,24). The smallest absolute Gasteiger partial charge is 0.324 e. The van der Waals surface area contributed by atoms with Gasteiger partial charge in [0.2, 0.25) is 5.91 Å². The molecule has 27 heavy (non-hydrogen) atoms. The van der Waals surface area contributed by atoms with E-state index in [0.29, 0.717) is 23.7 Å². The third-order valence-electron chi connectivity index (χ3n) is 4.02. The Morgan fingerprint density at radius 3 is 2.96 bits per heavy atom. The lowest BCUT2D eigenvalue weighted by Crippen LogP contribution is -2.49. The van der Waals surface area contributed by atoms with E-state index in [0.717, 1.165) is 5.56 Å². The number of aromatic nitrogens is 1. The molecule has 142 valence electrons. The number of urea groups is 1. The van der Waals surface area contributed by atoms with E-state index >= 15 is 0 Å². The molecule has 0 saturated carbocycles. The first-order valence-electron chi connectivity index (χ1n) is 8.39. The molecule has 0 spiro atoms. The van der Waals surface area contributed by atoms with Crippen LogP contribution in [0, 0.1) is 0 Å². The maximum absolute atomic E-state index is 11.9. The Morgan fingerprint density at radius 2 is 2.19 bits per heavy atom. The van der Waals surface area contributed by atoms with E-state index in [1.54, 1.807) is 13.2 Å². The lowest BCUT2D eigenvalue weighted by molar-refractivity contribution is -0.145. The Hall–Kier alpha value is -3.36. The molecule has 0 unspecified atom stereocenters. The second-order valence-corrected chi connectivity index (χ2v) is 5.92. The van der Waals surface area contributed by atoms with Crippen molar-refractivity contribution in [3.8, 4) is 17.1 Å². The van der Waals surface area contributed by atoms with E-state index in [1.807, 2.05) is 24.3 Å². The van der Waals surface area contributed by atoms with Crippen molar-refractivity contribution in [1.29, 1.82) is 0 Å². The van der Waals surface area contributed by atoms with E-state index in [1.165, 1.54) is 4.90 Å². The second-order valence-electron chi connectivity index (χ2n) is 5.92. The van der Waals surface area contributed by atoms with Gasteiger partial charge in [-0.15, -0.1) is 0 Å². The number of imide groups is 1. The average molecular weight is 373 g/mol. The molecule has 0 radical (unpaired) electrons. The molecule has 1 aliphatic rings. The first-order chi connectivity index (χ1) is 13.0. The minimum absolute atomic E-state index is 0.0300. The molecule has 1 fully saturated rings. The predicted octanol–water partition coefficient (Wildman–Crippen LogP) is 1.73. The van der Waals surface area contributed by atoms with Crippen LogP contribution in [0.1, 0.15) is 18.5 Å². The number of carbonyl (C=O) groups excluding carboxylic acids is 3. The van der Waals surface area contributed by atoms with Gasteiger partial charge < -0.3 is 18.9 Å². The Morgan fingerprint density at radius 1 is 1.33 bits per heavy atom. The van der Waals surface area contributed by atoms with Gasteiger partial charge >= 0.3 is 12.0 Å². The molecule has 1 aliphatic heterocycles. The number of methoxy groups -OCH3 is 1. The second kappa shape index (κ2) is 8.35. The van der Waals surface area contributed by atoms with Crippen LogP contribution in [0.4, 0.5) is 4.79 Å². The molecule has 9 nitrogen and oxygen atoms in total. The van der Waals surface area contributed by atoms with Crippen molar-refractivity contribution in [2.75, 3.05) is 20.2 Å². The molecule has 1 aromatic carbocycles. The Labute approximate surface area is 155 Å². The fourth-order valence-electron chi connectivity index (χ4n) is 2.56. The van der Waals surface area contributed by atoms with Gasteiger partial charge in [0.1, 0.15) is 18.1 Å². The molecular weight excluding hydrogens is 354 g/mol. The summed E-state index contributed by atoms with van der Waals surface area (Å²) in [5, 5.41) is 6.09. The van der Waals surface area contributed by atoms with Gasteiger partial charge in [-0.25, -0.2) is 4.79 Å². The fraction of sp³-hybridized carbons (Fsp3) is 0.333. The maximum atomic E-state index is 11.9. The number of rotatable bonds is 7. The number of esters is 1. The number of hydrogen-bond acceptors (Lipinski definition) is 7.